The summed E-state index contributed by atoms with van der Waals surface area (Å²) in [6.45, 7) is 0.772. The lowest BCUT2D eigenvalue weighted by molar-refractivity contribution is 0.0920. The Labute approximate surface area is 196 Å². The first-order valence-corrected chi connectivity index (χ1v) is 12.2. The van der Waals surface area contributed by atoms with Gasteiger partial charge < -0.3 is 19.5 Å². The van der Waals surface area contributed by atoms with Crippen molar-refractivity contribution in [1.82, 2.24) is 14.8 Å². The molecule has 1 aliphatic heterocycles. The molecule has 2 aliphatic rings. The van der Waals surface area contributed by atoms with Crippen molar-refractivity contribution >= 4 is 21.6 Å². The van der Waals surface area contributed by atoms with E-state index in [-0.39, 0.29) is 16.9 Å². The number of urea groups is 1. The number of nitrogens with one attached hydrogen (secondary N) is 1. The minimum atomic E-state index is -3.61. The Morgan fingerprint density at radius 2 is 2.21 bits per heavy atom. The number of methoxy groups -OCH3 is 2. The highest BCUT2D eigenvalue weighted by Crippen LogP contribution is 2.39. The van der Waals surface area contributed by atoms with Crippen molar-refractivity contribution in [3.05, 3.63) is 47.8 Å². The Morgan fingerprint density at radius 1 is 1.35 bits per heavy atom. The van der Waals surface area contributed by atoms with Gasteiger partial charge in [-0.3, -0.25) is 0 Å². The van der Waals surface area contributed by atoms with Crippen LogP contribution in [0.25, 0.3) is 11.1 Å². The van der Waals surface area contributed by atoms with E-state index in [4.69, 9.17) is 19.3 Å². The summed E-state index contributed by atoms with van der Waals surface area (Å²) < 4.78 is 34.7. The second kappa shape index (κ2) is 8.70. The van der Waals surface area contributed by atoms with Gasteiger partial charge >= 0.3 is 6.03 Å². The van der Waals surface area contributed by atoms with Gasteiger partial charge in [-0.2, -0.15) is 5.10 Å². The third-order valence-electron chi connectivity index (χ3n) is 5.84. The van der Waals surface area contributed by atoms with Gasteiger partial charge in [-0.1, -0.05) is 12.1 Å². The number of rotatable bonds is 6. The predicted octanol–water partition coefficient (Wildman–Crippen LogP) is 2.39. The smallest absolute Gasteiger partial charge is 0.354 e. The quantitative estimate of drug-likeness (QED) is 0.547. The number of pyridine rings is 1. The molecular formula is C22H24N6O5S. The van der Waals surface area contributed by atoms with Gasteiger partial charge in [0.15, 0.2) is 9.92 Å². The monoisotopic (exact) mass is 484 g/mol. The van der Waals surface area contributed by atoms with Crippen LogP contribution in [0.1, 0.15) is 11.1 Å². The number of nitrogens with zero attached hydrogens (tertiary/aromatic N) is 4. The maximum atomic E-state index is 13.2. The first-order chi connectivity index (χ1) is 16.4. The number of fused-ring (bicyclic) bond motifs is 2. The topological polar surface area (TPSA) is 143 Å². The molecule has 1 aromatic carbocycles. The number of hydrogen-bond acceptors (Lipinski definition) is 7. The summed E-state index contributed by atoms with van der Waals surface area (Å²) in [7, 11) is -0.509. The molecule has 12 heteroatoms. The Hall–Kier alpha value is -3.48. The van der Waals surface area contributed by atoms with Gasteiger partial charge in [0, 0.05) is 24.9 Å². The normalized spacial score (nSPS) is 17.6. The van der Waals surface area contributed by atoms with Crippen LogP contribution in [0.5, 0.6) is 11.8 Å². The van der Waals surface area contributed by atoms with Gasteiger partial charge in [-0.15, -0.1) is 4.36 Å². The van der Waals surface area contributed by atoms with Crippen molar-refractivity contribution in [3.8, 4) is 22.9 Å². The zero-order valence-electron chi connectivity index (χ0n) is 18.7. The molecule has 0 saturated carbocycles. The Kier molecular flexibility index (Phi) is 5.71. The molecule has 34 heavy (non-hydrogen) atoms. The molecular weight excluding hydrogens is 460 g/mol. The average molecular weight is 485 g/mol. The molecule has 3 aromatic rings. The summed E-state index contributed by atoms with van der Waals surface area (Å²) in [4.78, 5) is 17.1. The van der Waals surface area contributed by atoms with Gasteiger partial charge in [0.2, 0.25) is 11.8 Å². The number of amides is 2. The van der Waals surface area contributed by atoms with Gasteiger partial charge in [-0.05, 0) is 35.6 Å². The zero-order valence-corrected chi connectivity index (χ0v) is 19.5. The summed E-state index contributed by atoms with van der Waals surface area (Å²) in [5, 5.41) is 13.0. The lowest BCUT2D eigenvalue weighted by Gasteiger charge is -2.25. The van der Waals surface area contributed by atoms with Crippen LogP contribution in [-0.2, 0) is 34.0 Å². The van der Waals surface area contributed by atoms with Gasteiger partial charge in [0.05, 0.1) is 32.1 Å². The lowest BCUT2D eigenvalue weighted by atomic mass is 9.84. The average Bonchev–Trinajstić information content (AvgIpc) is 3.35. The predicted molar refractivity (Wildman–Crippen MR) is 124 cm³/mol. The van der Waals surface area contributed by atoms with Crippen LogP contribution in [0.2, 0.25) is 0 Å². The molecule has 1 aliphatic carbocycles. The van der Waals surface area contributed by atoms with E-state index in [2.05, 4.69) is 19.8 Å². The van der Waals surface area contributed by atoms with Crippen molar-refractivity contribution in [2.24, 2.45) is 9.50 Å². The third kappa shape index (κ3) is 4.00. The Morgan fingerprint density at radius 3 is 2.94 bits per heavy atom. The number of aromatic nitrogens is 3. The second-order valence-electron chi connectivity index (χ2n) is 7.99. The van der Waals surface area contributed by atoms with Gasteiger partial charge in [0.25, 0.3) is 0 Å². The fourth-order valence-electron chi connectivity index (χ4n) is 4.13. The van der Waals surface area contributed by atoms with Gasteiger partial charge in [-0.25, -0.2) is 23.8 Å². The van der Waals surface area contributed by atoms with Crippen LogP contribution >= 0.6 is 0 Å². The molecule has 2 atom stereocenters. The molecule has 0 spiro atoms. The summed E-state index contributed by atoms with van der Waals surface area (Å²) >= 11 is 0. The first kappa shape index (κ1) is 22.3. The second-order valence-corrected chi connectivity index (χ2v) is 9.75. The largest absolute Gasteiger partial charge is 0.481 e. The molecule has 11 nitrogen and oxygen atoms in total. The van der Waals surface area contributed by atoms with Crippen molar-refractivity contribution in [2.75, 3.05) is 26.1 Å². The standard InChI is InChI=1S/C22H24N6O5S/c1-31-12-15-11-28-21(33-15)18(10-25-28)34(23,30)27-22(29)26-20-16-5-3-13(16)4-6-17(20)14-7-8-24-19(9-14)32-2/h4,6-10,15H,3,5,11-12H2,1-2H3,(H3,23,26,27,29,30)/t15-,34?/m0/s1. The summed E-state index contributed by atoms with van der Waals surface area (Å²) in [6, 6.07) is 6.75. The third-order valence-corrected chi connectivity index (χ3v) is 7.19. The van der Waals surface area contributed by atoms with E-state index >= 15 is 0 Å². The highest BCUT2D eigenvalue weighted by Gasteiger charge is 2.31. The molecule has 0 bridgehead atoms. The number of carbonyl (C=O) groups excluding carboxylic acids is 1. The number of benzene rings is 1. The molecule has 2 amide bonds. The summed E-state index contributed by atoms with van der Waals surface area (Å²) in [5.74, 6) is 0.688. The molecule has 0 saturated heterocycles. The molecule has 2 aromatic heterocycles. The minimum Gasteiger partial charge on any atom is -0.481 e. The van der Waals surface area contributed by atoms with Crippen LogP contribution in [0.4, 0.5) is 10.5 Å². The van der Waals surface area contributed by atoms with E-state index in [1.165, 1.54) is 18.0 Å². The van der Waals surface area contributed by atoms with Crippen LogP contribution < -0.4 is 19.9 Å². The van der Waals surface area contributed by atoms with E-state index in [0.717, 1.165) is 35.1 Å². The first-order valence-electron chi connectivity index (χ1n) is 10.6. The maximum absolute atomic E-state index is 13.2. The lowest BCUT2D eigenvalue weighted by Crippen LogP contribution is -2.22. The zero-order chi connectivity index (χ0) is 23.9. The SMILES string of the molecule is COC[C@@H]1Cn2ncc(S(N)(=O)=NC(=O)Nc3c(-c4ccnc(OC)c4)ccc4c3CC4)c2O1. The minimum absolute atomic E-state index is 0.0708. The fraction of sp³-hybridized carbons (Fsp3) is 0.318. The van der Waals surface area contributed by atoms with Crippen molar-refractivity contribution in [2.45, 2.75) is 30.4 Å². The van der Waals surface area contributed by atoms with Crippen LogP contribution in [0.3, 0.4) is 0 Å². The maximum Gasteiger partial charge on any atom is 0.354 e. The molecule has 0 radical (unpaired) electrons. The number of aryl methyl sites for hydroxylation is 1. The molecule has 1 unspecified atom stereocenters. The molecule has 5 rings (SSSR count). The highest BCUT2D eigenvalue weighted by atomic mass is 32.2. The van der Waals surface area contributed by atoms with Crippen molar-refractivity contribution < 1.29 is 23.2 Å². The number of ether oxygens (including phenoxy) is 3. The fourth-order valence-corrected chi connectivity index (χ4v) is 5.13. The molecule has 178 valence electrons. The summed E-state index contributed by atoms with van der Waals surface area (Å²) in [5.41, 5.74) is 4.36. The van der Waals surface area contributed by atoms with Crippen LogP contribution in [-0.4, -0.2) is 51.9 Å². The number of hydrogen-bond donors (Lipinski definition) is 2. The number of carbonyl (C=O) groups is 1. The van der Waals surface area contributed by atoms with E-state index in [9.17, 15) is 9.00 Å². The Balaban J connectivity index is 1.46. The van der Waals surface area contributed by atoms with Crippen LogP contribution in [0.15, 0.2) is 45.9 Å². The van der Waals surface area contributed by atoms with E-state index in [1.54, 1.807) is 19.4 Å². The van der Waals surface area contributed by atoms with Crippen molar-refractivity contribution in [1.29, 1.82) is 0 Å². The summed E-state index contributed by atoms with van der Waals surface area (Å²) in [6.07, 6.45) is 4.41. The number of nitrogens with two attached hydrogens (primary N) is 1. The van der Waals surface area contributed by atoms with Crippen LogP contribution in [0, 0.1) is 0 Å². The molecule has 0 fully saturated rings. The highest BCUT2D eigenvalue weighted by molar-refractivity contribution is 7.91. The Bertz CT molecular complexity index is 1390. The molecule has 3 N–H and O–H groups in total. The molecule has 3 heterocycles. The number of anilines is 1. The van der Waals surface area contributed by atoms with Gasteiger partial charge in [0.1, 0.15) is 11.0 Å². The van der Waals surface area contributed by atoms with E-state index < -0.39 is 15.9 Å². The van der Waals surface area contributed by atoms with E-state index in [1.807, 2.05) is 18.2 Å². The van der Waals surface area contributed by atoms with Crippen molar-refractivity contribution in [3.63, 3.8) is 0 Å². The van der Waals surface area contributed by atoms with E-state index in [0.29, 0.717) is 24.7 Å².